The molecule has 0 saturated carbocycles. The average Bonchev–Trinajstić information content (AvgIpc) is 2.98. The Morgan fingerprint density at radius 3 is 2.38 bits per heavy atom. The summed E-state index contributed by atoms with van der Waals surface area (Å²) in [6, 6.07) is 4.88. The number of carbonyl (C=O) groups is 1. The number of carbonyl (C=O) groups excluding carboxylic acids is 1. The van der Waals surface area contributed by atoms with Crippen molar-refractivity contribution in [2.75, 3.05) is 6.61 Å². The van der Waals surface area contributed by atoms with Crippen LogP contribution < -0.4 is 0 Å². The van der Waals surface area contributed by atoms with Crippen LogP contribution in [-0.4, -0.2) is 17.6 Å². The van der Waals surface area contributed by atoms with Gasteiger partial charge >= 0.3 is 12.1 Å². The van der Waals surface area contributed by atoms with Crippen LogP contribution in [0.15, 0.2) is 24.3 Å². The lowest BCUT2D eigenvalue weighted by Crippen LogP contribution is -2.14. The lowest BCUT2D eigenvalue weighted by atomic mass is 10.1. The van der Waals surface area contributed by atoms with Gasteiger partial charge in [0, 0.05) is 10.4 Å². The minimum absolute atomic E-state index is 0.292. The molecule has 3 nitrogen and oxygen atoms in total. The van der Waals surface area contributed by atoms with Crippen molar-refractivity contribution in [3.05, 3.63) is 40.4 Å². The normalized spacial score (nSPS) is 12.9. The lowest BCUT2D eigenvalue weighted by molar-refractivity contribution is -0.144. The van der Waals surface area contributed by atoms with Crippen LogP contribution in [0.2, 0.25) is 0 Å². The van der Waals surface area contributed by atoms with Gasteiger partial charge in [0.05, 0.1) is 23.8 Å². The number of aromatic nitrogens is 1. The summed E-state index contributed by atoms with van der Waals surface area (Å²) < 4.78 is 43.0. The molecule has 0 aliphatic heterocycles. The van der Waals surface area contributed by atoms with E-state index in [0.717, 1.165) is 17.0 Å². The third-order valence-electron chi connectivity index (χ3n) is 3.56. The van der Waals surface area contributed by atoms with E-state index in [4.69, 9.17) is 4.74 Å². The van der Waals surface area contributed by atoms with Crippen LogP contribution >= 0.6 is 11.3 Å². The van der Waals surface area contributed by atoms with E-state index in [0.29, 0.717) is 29.3 Å². The molecule has 0 radical (unpaired) electrons. The molecule has 0 fully saturated rings. The van der Waals surface area contributed by atoms with Gasteiger partial charge in [0.15, 0.2) is 0 Å². The minimum Gasteiger partial charge on any atom is -0.465 e. The fourth-order valence-corrected chi connectivity index (χ4v) is 3.36. The van der Waals surface area contributed by atoms with Crippen LogP contribution in [-0.2, 0) is 22.1 Å². The van der Waals surface area contributed by atoms with Crippen LogP contribution in [0.25, 0.3) is 10.6 Å². The molecular weight excluding hydrogens is 339 g/mol. The van der Waals surface area contributed by atoms with Crippen molar-refractivity contribution in [2.24, 2.45) is 0 Å². The summed E-state index contributed by atoms with van der Waals surface area (Å²) in [6.45, 7) is 5.70. The number of benzene rings is 1. The number of rotatable bonds is 5. The molecule has 24 heavy (non-hydrogen) atoms. The van der Waals surface area contributed by atoms with Gasteiger partial charge in [-0.1, -0.05) is 19.1 Å². The lowest BCUT2D eigenvalue weighted by Gasteiger charge is -2.09. The van der Waals surface area contributed by atoms with E-state index in [1.165, 1.54) is 23.5 Å². The van der Waals surface area contributed by atoms with E-state index in [-0.39, 0.29) is 5.97 Å². The smallest absolute Gasteiger partial charge is 0.416 e. The third-order valence-corrected chi connectivity index (χ3v) is 4.82. The second-order valence-electron chi connectivity index (χ2n) is 5.23. The van der Waals surface area contributed by atoms with E-state index in [2.05, 4.69) is 4.98 Å². The van der Waals surface area contributed by atoms with Crippen LogP contribution in [0.5, 0.6) is 0 Å². The van der Waals surface area contributed by atoms with E-state index in [1.54, 1.807) is 13.8 Å². The molecule has 0 saturated heterocycles. The Hall–Kier alpha value is -1.89. The van der Waals surface area contributed by atoms with Crippen molar-refractivity contribution < 1.29 is 22.7 Å². The molecule has 7 heteroatoms. The van der Waals surface area contributed by atoms with Gasteiger partial charge in [-0.15, -0.1) is 11.3 Å². The van der Waals surface area contributed by atoms with Crippen molar-refractivity contribution in [3.8, 4) is 10.6 Å². The van der Waals surface area contributed by atoms with Gasteiger partial charge in [-0.05, 0) is 32.4 Å². The van der Waals surface area contributed by atoms with Gasteiger partial charge in [0.25, 0.3) is 0 Å². The Bertz CT molecular complexity index is 708. The van der Waals surface area contributed by atoms with Crippen LogP contribution in [0.1, 0.15) is 42.8 Å². The molecule has 2 aromatic rings. The molecule has 0 bridgehead atoms. The summed E-state index contributed by atoms with van der Waals surface area (Å²) >= 11 is 1.39. The maximum atomic E-state index is 12.6. The molecule has 1 unspecified atom stereocenters. The summed E-state index contributed by atoms with van der Waals surface area (Å²) in [5.74, 6) is -0.851. The van der Waals surface area contributed by atoms with E-state index in [1.807, 2.05) is 6.92 Å². The highest BCUT2D eigenvalue weighted by Gasteiger charge is 2.30. The van der Waals surface area contributed by atoms with Crippen LogP contribution in [0.3, 0.4) is 0 Å². The van der Waals surface area contributed by atoms with E-state index >= 15 is 0 Å². The summed E-state index contributed by atoms with van der Waals surface area (Å²) in [6.07, 6.45) is -3.67. The summed E-state index contributed by atoms with van der Waals surface area (Å²) in [5.41, 5.74) is 0.541. The Kier molecular flexibility index (Phi) is 5.64. The molecule has 0 aliphatic carbocycles. The van der Waals surface area contributed by atoms with Crippen molar-refractivity contribution in [1.82, 2.24) is 4.98 Å². The van der Waals surface area contributed by atoms with Gasteiger partial charge in [0.1, 0.15) is 5.01 Å². The summed E-state index contributed by atoms with van der Waals surface area (Å²) in [4.78, 5) is 17.3. The zero-order chi connectivity index (χ0) is 17.9. The highest BCUT2D eigenvalue weighted by atomic mass is 32.1. The predicted octanol–water partition coefficient (Wildman–Crippen LogP) is 5.06. The molecule has 0 spiro atoms. The molecule has 0 amide bonds. The summed E-state index contributed by atoms with van der Waals surface area (Å²) in [7, 11) is 0. The SMILES string of the molecule is CCOC(=O)C(C)c1nc(-c2ccc(C(F)(F)F)cc2)sc1CC. The number of esters is 1. The van der Waals surface area contributed by atoms with E-state index < -0.39 is 17.7 Å². The van der Waals surface area contributed by atoms with Gasteiger partial charge in [-0.3, -0.25) is 4.79 Å². The largest absolute Gasteiger partial charge is 0.465 e. The standard InChI is InChI=1S/C17H18F3NO2S/c1-4-13-14(10(3)16(22)23-5-2)21-15(24-13)11-6-8-12(9-7-11)17(18,19)20/h6-10H,4-5H2,1-3H3. The third kappa shape index (κ3) is 3.95. The first-order chi connectivity index (χ1) is 11.3. The van der Waals surface area contributed by atoms with Gasteiger partial charge in [-0.25, -0.2) is 4.98 Å². The fraction of sp³-hybridized carbons (Fsp3) is 0.412. The van der Waals surface area contributed by atoms with E-state index in [9.17, 15) is 18.0 Å². The van der Waals surface area contributed by atoms with Gasteiger partial charge in [0.2, 0.25) is 0 Å². The number of aryl methyl sites for hydroxylation is 1. The molecule has 1 aromatic carbocycles. The molecular formula is C17H18F3NO2S. The minimum atomic E-state index is -4.36. The first-order valence-corrected chi connectivity index (χ1v) is 8.43. The highest BCUT2D eigenvalue weighted by Crippen LogP contribution is 2.35. The molecule has 1 atom stereocenters. The monoisotopic (exact) mass is 357 g/mol. The topological polar surface area (TPSA) is 39.2 Å². The Labute approximate surface area is 142 Å². The number of hydrogen-bond donors (Lipinski definition) is 0. The number of halogens is 3. The predicted molar refractivity (Wildman–Crippen MR) is 87.0 cm³/mol. The highest BCUT2D eigenvalue weighted by molar-refractivity contribution is 7.15. The van der Waals surface area contributed by atoms with Crippen molar-refractivity contribution in [3.63, 3.8) is 0 Å². The number of alkyl halides is 3. The van der Waals surface area contributed by atoms with Crippen molar-refractivity contribution >= 4 is 17.3 Å². The molecule has 2 rings (SSSR count). The van der Waals surface area contributed by atoms with Crippen molar-refractivity contribution in [1.29, 1.82) is 0 Å². The molecule has 0 aliphatic rings. The first kappa shape index (κ1) is 18.4. The summed E-state index contributed by atoms with van der Waals surface area (Å²) in [5, 5.41) is 0.603. The maximum Gasteiger partial charge on any atom is 0.416 e. The second-order valence-corrected chi connectivity index (χ2v) is 6.31. The zero-order valence-electron chi connectivity index (χ0n) is 13.6. The molecule has 1 heterocycles. The Balaban J connectivity index is 2.34. The number of thiazole rings is 1. The van der Waals surface area contributed by atoms with Gasteiger partial charge in [-0.2, -0.15) is 13.2 Å². The Morgan fingerprint density at radius 2 is 1.88 bits per heavy atom. The average molecular weight is 357 g/mol. The fourth-order valence-electron chi connectivity index (χ4n) is 2.26. The second kappa shape index (κ2) is 7.34. The Morgan fingerprint density at radius 1 is 1.25 bits per heavy atom. The van der Waals surface area contributed by atoms with Gasteiger partial charge < -0.3 is 4.74 Å². The molecule has 0 N–H and O–H groups in total. The number of hydrogen-bond acceptors (Lipinski definition) is 4. The quantitative estimate of drug-likeness (QED) is 0.702. The maximum absolute atomic E-state index is 12.6. The first-order valence-electron chi connectivity index (χ1n) is 7.61. The molecule has 130 valence electrons. The van der Waals surface area contributed by atoms with Crippen molar-refractivity contribution in [2.45, 2.75) is 39.3 Å². The molecule has 1 aromatic heterocycles. The zero-order valence-corrected chi connectivity index (χ0v) is 14.4. The number of nitrogens with zero attached hydrogens (tertiary/aromatic N) is 1. The van der Waals surface area contributed by atoms with Crippen LogP contribution in [0.4, 0.5) is 13.2 Å². The van der Waals surface area contributed by atoms with Crippen LogP contribution in [0, 0.1) is 0 Å². The number of ether oxygens (including phenoxy) is 1.